The van der Waals surface area contributed by atoms with Crippen LogP contribution in [-0.2, 0) is 0 Å². The maximum atomic E-state index is 10.4. The normalized spacial score (nSPS) is 9.93. The molecule has 5 nitrogen and oxygen atoms in total. The second kappa shape index (κ2) is 3.91. The molecule has 15 heavy (non-hydrogen) atoms. The van der Waals surface area contributed by atoms with E-state index in [0.717, 1.165) is 5.69 Å². The quantitative estimate of drug-likeness (QED) is 0.700. The second-order valence-electron chi connectivity index (χ2n) is 2.84. The summed E-state index contributed by atoms with van der Waals surface area (Å²) in [5, 5.41) is 3.97. The zero-order valence-corrected chi connectivity index (χ0v) is 8.12. The van der Waals surface area contributed by atoms with Crippen molar-refractivity contribution < 1.29 is 9.53 Å². The van der Waals surface area contributed by atoms with Crippen LogP contribution in [0.2, 0.25) is 0 Å². The maximum Gasteiger partial charge on any atom is 0.214 e. The molecule has 0 fully saturated rings. The summed E-state index contributed by atoms with van der Waals surface area (Å²) in [6.45, 7) is 0. The standard InChI is InChI=1S/C10H9N3O2/c1-15-9-5-3-2-4-8(9)13-7-11-10(6-14)12-13/h2-7H,1H3. The Morgan fingerprint density at radius 2 is 2.20 bits per heavy atom. The predicted molar refractivity (Wildman–Crippen MR) is 53.3 cm³/mol. The molecule has 0 radical (unpaired) electrons. The molecule has 0 saturated carbocycles. The average molecular weight is 203 g/mol. The van der Waals surface area contributed by atoms with Gasteiger partial charge in [0.2, 0.25) is 5.82 Å². The van der Waals surface area contributed by atoms with Crippen LogP contribution in [0.3, 0.4) is 0 Å². The molecule has 0 aliphatic rings. The molecule has 2 aromatic rings. The molecular weight excluding hydrogens is 194 g/mol. The van der Waals surface area contributed by atoms with Gasteiger partial charge in [-0.25, -0.2) is 9.67 Å². The molecule has 0 unspecified atom stereocenters. The summed E-state index contributed by atoms with van der Waals surface area (Å²) >= 11 is 0. The van der Waals surface area contributed by atoms with Crippen LogP contribution in [0.4, 0.5) is 0 Å². The minimum Gasteiger partial charge on any atom is -0.494 e. The van der Waals surface area contributed by atoms with Gasteiger partial charge in [-0.15, -0.1) is 5.10 Å². The molecule has 2 rings (SSSR count). The Labute approximate surface area is 86.3 Å². The van der Waals surface area contributed by atoms with Crippen LogP contribution >= 0.6 is 0 Å². The summed E-state index contributed by atoms with van der Waals surface area (Å²) in [6, 6.07) is 7.37. The van der Waals surface area contributed by atoms with Gasteiger partial charge < -0.3 is 4.74 Å². The number of nitrogens with zero attached hydrogens (tertiary/aromatic N) is 3. The molecule has 0 atom stereocenters. The summed E-state index contributed by atoms with van der Waals surface area (Å²) in [6.07, 6.45) is 2.08. The van der Waals surface area contributed by atoms with Crippen LogP contribution in [0.25, 0.3) is 5.69 Å². The van der Waals surface area contributed by atoms with Gasteiger partial charge in [-0.3, -0.25) is 4.79 Å². The van der Waals surface area contributed by atoms with E-state index in [-0.39, 0.29) is 5.82 Å². The van der Waals surface area contributed by atoms with Gasteiger partial charge in [-0.1, -0.05) is 12.1 Å². The number of aldehydes is 1. The van der Waals surface area contributed by atoms with Crippen molar-refractivity contribution in [3.05, 3.63) is 36.4 Å². The number of ether oxygens (including phenoxy) is 1. The Balaban J connectivity index is 2.48. The van der Waals surface area contributed by atoms with Crippen molar-refractivity contribution in [3.63, 3.8) is 0 Å². The van der Waals surface area contributed by atoms with Crippen LogP contribution in [0.15, 0.2) is 30.6 Å². The van der Waals surface area contributed by atoms with Crippen LogP contribution < -0.4 is 4.74 Å². The van der Waals surface area contributed by atoms with E-state index in [0.29, 0.717) is 12.0 Å². The minimum absolute atomic E-state index is 0.154. The lowest BCUT2D eigenvalue weighted by atomic mass is 10.3. The molecule has 1 aromatic carbocycles. The number of carbonyl (C=O) groups excluding carboxylic acids is 1. The molecule has 0 aliphatic carbocycles. The molecular formula is C10H9N3O2. The summed E-state index contributed by atoms with van der Waals surface area (Å²) in [4.78, 5) is 14.3. The van der Waals surface area contributed by atoms with Gasteiger partial charge in [0.25, 0.3) is 0 Å². The zero-order valence-electron chi connectivity index (χ0n) is 8.12. The van der Waals surface area contributed by atoms with Crippen molar-refractivity contribution in [2.75, 3.05) is 7.11 Å². The third-order valence-electron chi connectivity index (χ3n) is 1.95. The van der Waals surface area contributed by atoms with E-state index in [1.54, 1.807) is 7.11 Å². The van der Waals surface area contributed by atoms with E-state index in [1.165, 1.54) is 11.0 Å². The van der Waals surface area contributed by atoms with Gasteiger partial charge in [-0.05, 0) is 12.1 Å². The lowest BCUT2D eigenvalue weighted by Crippen LogP contribution is -1.98. The minimum atomic E-state index is 0.154. The van der Waals surface area contributed by atoms with E-state index in [4.69, 9.17) is 4.74 Å². The van der Waals surface area contributed by atoms with Gasteiger partial charge >= 0.3 is 0 Å². The molecule has 0 amide bonds. The Hall–Kier alpha value is -2.17. The largest absolute Gasteiger partial charge is 0.494 e. The Morgan fingerprint density at radius 1 is 1.40 bits per heavy atom. The van der Waals surface area contributed by atoms with Crippen molar-refractivity contribution in [1.29, 1.82) is 0 Å². The first kappa shape index (κ1) is 9.39. The summed E-state index contributed by atoms with van der Waals surface area (Å²) < 4.78 is 6.67. The molecule has 76 valence electrons. The highest BCUT2D eigenvalue weighted by atomic mass is 16.5. The molecule has 0 spiro atoms. The van der Waals surface area contributed by atoms with Crippen molar-refractivity contribution >= 4 is 6.29 Å². The third-order valence-corrected chi connectivity index (χ3v) is 1.95. The highest BCUT2D eigenvalue weighted by Crippen LogP contribution is 2.20. The van der Waals surface area contributed by atoms with Crippen LogP contribution in [-0.4, -0.2) is 28.2 Å². The van der Waals surface area contributed by atoms with Gasteiger partial charge in [0, 0.05) is 0 Å². The molecule has 0 aliphatic heterocycles. The first-order chi connectivity index (χ1) is 7.35. The van der Waals surface area contributed by atoms with Gasteiger partial charge in [0.1, 0.15) is 17.8 Å². The van der Waals surface area contributed by atoms with Crippen LogP contribution in [0.1, 0.15) is 10.6 Å². The molecule has 5 heteroatoms. The number of hydrogen-bond donors (Lipinski definition) is 0. The predicted octanol–water partition coefficient (Wildman–Crippen LogP) is 1.09. The number of methoxy groups -OCH3 is 1. The number of hydrogen-bond acceptors (Lipinski definition) is 4. The monoisotopic (exact) mass is 203 g/mol. The third kappa shape index (κ3) is 1.71. The van der Waals surface area contributed by atoms with Crippen molar-refractivity contribution in [2.24, 2.45) is 0 Å². The topological polar surface area (TPSA) is 57.0 Å². The first-order valence-electron chi connectivity index (χ1n) is 4.35. The van der Waals surface area contributed by atoms with Crippen molar-refractivity contribution in [3.8, 4) is 11.4 Å². The smallest absolute Gasteiger partial charge is 0.214 e. The summed E-state index contributed by atoms with van der Waals surface area (Å²) in [7, 11) is 1.58. The Kier molecular flexibility index (Phi) is 2.45. The highest BCUT2D eigenvalue weighted by Gasteiger charge is 2.06. The lowest BCUT2D eigenvalue weighted by molar-refractivity contribution is 0.111. The van der Waals surface area contributed by atoms with Gasteiger partial charge in [0.05, 0.1) is 7.11 Å². The number of rotatable bonds is 3. The highest BCUT2D eigenvalue weighted by molar-refractivity contribution is 5.68. The summed E-state index contributed by atoms with van der Waals surface area (Å²) in [5.41, 5.74) is 0.751. The number of para-hydroxylation sites is 2. The SMILES string of the molecule is COc1ccccc1-n1cnc(C=O)n1. The number of benzene rings is 1. The van der Waals surface area contributed by atoms with Gasteiger partial charge in [-0.2, -0.15) is 0 Å². The molecule has 1 aromatic heterocycles. The fourth-order valence-corrected chi connectivity index (χ4v) is 1.26. The summed E-state index contributed by atoms with van der Waals surface area (Å²) in [5.74, 6) is 0.834. The van der Waals surface area contributed by atoms with Gasteiger partial charge in [0.15, 0.2) is 6.29 Å². The fraction of sp³-hybridized carbons (Fsp3) is 0.100. The number of carbonyl (C=O) groups is 1. The Bertz CT molecular complexity index is 479. The van der Waals surface area contributed by atoms with E-state index in [2.05, 4.69) is 10.1 Å². The maximum absolute atomic E-state index is 10.4. The van der Waals surface area contributed by atoms with Crippen LogP contribution in [0.5, 0.6) is 5.75 Å². The van der Waals surface area contributed by atoms with Crippen molar-refractivity contribution in [2.45, 2.75) is 0 Å². The lowest BCUT2D eigenvalue weighted by Gasteiger charge is -2.06. The van der Waals surface area contributed by atoms with Crippen LogP contribution in [0, 0.1) is 0 Å². The first-order valence-corrected chi connectivity index (χ1v) is 4.35. The van der Waals surface area contributed by atoms with E-state index >= 15 is 0 Å². The van der Waals surface area contributed by atoms with E-state index < -0.39 is 0 Å². The average Bonchev–Trinajstić information content (AvgIpc) is 2.77. The second-order valence-corrected chi connectivity index (χ2v) is 2.84. The molecule has 0 bridgehead atoms. The molecule has 1 heterocycles. The zero-order chi connectivity index (χ0) is 10.7. The Morgan fingerprint density at radius 3 is 2.87 bits per heavy atom. The van der Waals surface area contributed by atoms with E-state index in [1.807, 2.05) is 24.3 Å². The molecule has 0 N–H and O–H groups in total. The van der Waals surface area contributed by atoms with Crippen molar-refractivity contribution in [1.82, 2.24) is 14.8 Å². The molecule has 0 saturated heterocycles. The number of aromatic nitrogens is 3. The van der Waals surface area contributed by atoms with E-state index in [9.17, 15) is 4.79 Å². The fourth-order valence-electron chi connectivity index (χ4n) is 1.26.